The Balaban J connectivity index is 1.80. The second-order valence-electron chi connectivity index (χ2n) is 7.47. The topological polar surface area (TPSA) is 103 Å². The summed E-state index contributed by atoms with van der Waals surface area (Å²) in [6.45, 7) is 2.13. The van der Waals surface area contributed by atoms with E-state index in [2.05, 4.69) is 5.32 Å². The maximum Gasteiger partial charge on any atom is 0.262 e. The third-order valence-corrected chi connectivity index (χ3v) is 5.63. The zero-order chi connectivity index (χ0) is 24.2. The van der Waals surface area contributed by atoms with Gasteiger partial charge in [0.2, 0.25) is 0 Å². The first-order chi connectivity index (χ1) is 16.4. The molecule has 176 valence electrons. The van der Waals surface area contributed by atoms with Crippen LogP contribution < -0.4 is 30.2 Å². The van der Waals surface area contributed by atoms with Crippen molar-refractivity contribution in [1.82, 2.24) is 0 Å². The molecule has 0 aliphatic carbocycles. The van der Waals surface area contributed by atoms with Gasteiger partial charge in [-0.1, -0.05) is 23.7 Å². The van der Waals surface area contributed by atoms with Crippen molar-refractivity contribution in [3.05, 3.63) is 76.8 Å². The smallest absolute Gasteiger partial charge is 0.262 e. The fourth-order valence-corrected chi connectivity index (χ4v) is 4.05. The summed E-state index contributed by atoms with van der Waals surface area (Å²) in [4.78, 5) is 26.4. The van der Waals surface area contributed by atoms with Crippen molar-refractivity contribution < 1.29 is 23.8 Å². The van der Waals surface area contributed by atoms with Gasteiger partial charge in [-0.25, -0.2) is 0 Å². The summed E-state index contributed by atoms with van der Waals surface area (Å²) in [7, 11) is 1.48. The zero-order valence-corrected chi connectivity index (χ0v) is 19.5. The zero-order valence-electron chi connectivity index (χ0n) is 18.7. The number of carbonyl (C=O) groups excluding carboxylic acids is 2. The quantitative estimate of drug-likeness (QED) is 0.495. The highest BCUT2D eigenvalue weighted by molar-refractivity contribution is 6.31. The molecule has 1 heterocycles. The van der Waals surface area contributed by atoms with Crippen molar-refractivity contribution in [2.75, 3.05) is 30.5 Å². The number of methoxy groups -OCH3 is 1. The van der Waals surface area contributed by atoms with Gasteiger partial charge in [-0.05, 0) is 49.4 Å². The molecule has 2 amide bonds. The van der Waals surface area contributed by atoms with E-state index in [1.165, 1.54) is 7.11 Å². The molecule has 3 aromatic carbocycles. The number of carbonyl (C=O) groups is 2. The van der Waals surface area contributed by atoms with Gasteiger partial charge in [0.05, 0.1) is 24.3 Å². The molecule has 1 aliphatic rings. The number of hydrogen-bond donors (Lipinski definition) is 2. The first-order valence-electron chi connectivity index (χ1n) is 10.6. The van der Waals surface area contributed by atoms with Crippen LogP contribution in [-0.2, 0) is 4.79 Å². The van der Waals surface area contributed by atoms with Crippen molar-refractivity contribution in [2.24, 2.45) is 5.73 Å². The minimum absolute atomic E-state index is 0.187. The maximum absolute atomic E-state index is 13.6. The Morgan fingerprint density at radius 1 is 1.09 bits per heavy atom. The van der Waals surface area contributed by atoms with Crippen LogP contribution in [0.15, 0.2) is 60.7 Å². The Hall–Kier alpha value is -3.91. The van der Waals surface area contributed by atoms with Crippen molar-refractivity contribution >= 4 is 34.8 Å². The molecule has 9 heteroatoms. The normalized spacial score (nSPS) is 14.7. The van der Waals surface area contributed by atoms with Crippen LogP contribution in [0.25, 0.3) is 0 Å². The molecule has 34 heavy (non-hydrogen) atoms. The molecule has 0 bridgehead atoms. The highest BCUT2D eigenvalue weighted by Crippen LogP contribution is 2.42. The highest BCUT2D eigenvalue weighted by atomic mass is 35.5. The van der Waals surface area contributed by atoms with E-state index in [4.69, 9.17) is 31.5 Å². The molecule has 0 saturated heterocycles. The third-order valence-electron chi connectivity index (χ3n) is 5.30. The van der Waals surface area contributed by atoms with Crippen LogP contribution in [0.4, 0.5) is 11.4 Å². The molecule has 0 radical (unpaired) electrons. The SMILES string of the molecule is CCOc1ccc(N2C(=O)c3ccccc3NC2c2cc(OC)c(OCC(N)=O)cc2Cl)cc1. The molecule has 1 atom stereocenters. The molecule has 0 spiro atoms. The summed E-state index contributed by atoms with van der Waals surface area (Å²) in [6.07, 6.45) is -0.646. The molecule has 0 saturated carbocycles. The van der Waals surface area contributed by atoms with E-state index in [1.54, 1.807) is 23.1 Å². The van der Waals surface area contributed by atoms with Crippen LogP contribution in [0, 0.1) is 0 Å². The van der Waals surface area contributed by atoms with E-state index < -0.39 is 12.1 Å². The number of rotatable bonds is 8. The molecule has 1 aliphatic heterocycles. The van der Waals surface area contributed by atoms with Crippen LogP contribution in [0.3, 0.4) is 0 Å². The number of ether oxygens (including phenoxy) is 3. The number of benzene rings is 3. The molecule has 1 unspecified atom stereocenters. The number of hydrogen-bond acceptors (Lipinski definition) is 6. The summed E-state index contributed by atoms with van der Waals surface area (Å²) < 4.78 is 16.4. The van der Waals surface area contributed by atoms with Crippen molar-refractivity contribution in [1.29, 1.82) is 0 Å². The Kier molecular flexibility index (Phi) is 6.79. The average molecular weight is 482 g/mol. The van der Waals surface area contributed by atoms with Gasteiger partial charge in [-0.3, -0.25) is 14.5 Å². The number of nitrogens with zero attached hydrogens (tertiary/aromatic N) is 1. The van der Waals surface area contributed by atoms with E-state index >= 15 is 0 Å². The fourth-order valence-electron chi connectivity index (χ4n) is 3.79. The van der Waals surface area contributed by atoms with Crippen LogP contribution >= 0.6 is 11.6 Å². The minimum atomic E-state index is -0.646. The number of nitrogens with one attached hydrogen (secondary N) is 1. The lowest BCUT2D eigenvalue weighted by molar-refractivity contribution is -0.119. The van der Waals surface area contributed by atoms with E-state index in [0.717, 1.165) is 0 Å². The lowest BCUT2D eigenvalue weighted by Gasteiger charge is -2.38. The maximum atomic E-state index is 13.6. The Morgan fingerprint density at radius 2 is 1.82 bits per heavy atom. The average Bonchev–Trinajstić information content (AvgIpc) is 2.83. The number of primary amides is 1. The van der Waals surface area contributed by atoms with Gasteiger partial charge in [-0.2, -0.15) is 0 Å². The molecule has 0 aromatic heterocycles. The van der Waals surface area contributed by atoms with E-state index in [1.807, 2.05) is 49.4 Å². The monoisotopic (exact) mass is 481 g/mol. The number of amides is 2. The van der Waals surface area contributed by atoms with Crippen LogP contribution in [0.1, 0.15) is 29.0 Å². The van der Waals surface area contributed by atoms with Gasteiger partial charge < -0.3 is 25.3 Å². The standard InChI is InChI=1S/C25H24ClN3O5/c1-3-33-16-10-8-15(9-11-16)29-24(28-20-7-5-4-6-17(20)25(29)31)18-12-21(32-2)22(13-19(18)26)34-14-23(27)30/h4-13,24,28H,3,14H2,1-2H3,(H2,27,30). The lowest BCUT2D eigenvalue weighted by Crippen LogP contribution is -2.43. The summed E-state index contributed by atoms with van der Waals surface area (Å²) in [5.74, 6) is 0.509. The minimum Gasteiger partial charge on any atom is -0.494 e. The lowest BCUT2D eigenvalue weighted by atomic mass is 10.0. The van der Waals surface area contributed by atoms with Crippen molar-refractivity contribution in [2.45, 2.75) is 13.1 Å². The molecular weight excluding hydrogens is 458 g/mol. The molecular formula is C25H24ClN3O5. The Labute approximate surface area is 202 Å². The first-order valence-corrected chi connectivity index (χ1v) is 11.0. The molecule has 3 aromatic rings. The molecule has 8 nitrogen and oxygen atoms in total. The number of anilines is 2. The van der Waals surface area contributed by atoms with Crippen LogP contribution in [0.5, 0.6) is 17.2 Å². The number of halogens is 1. The largest absolute Gasteiger partial charge is 0.494 e. The van der Waals surface area contributed by atoms with Gasteiger partial charge in [-0.15, -0.1) is 0 Å². The number of fused-ring (bicyclic) bond motifs is 1. The first kappa shape index (κ1) is 23.3. The molecule has 3 N–H and O–H groups in total. The number of nitrogens with two attached hydrogens (primary N) is 1. The Morgan fingerprint density at radius 3 is 2.50 bits per heavy atom. The van der Waals surface area contributed by atoms with Gasteiger partial charge in [0.15, 0.2) is 18.1 Å². The van der Waals surface area contributed by atoms with E-state index in [9.17, 15) is 9.59 Å². The van der Waals surface area contributed by atoms with Crippen molar-refractivity contribution in [3.8, 4) is 17.2 Å². The van der Waals surface area contributed by atoms with E-state index in [-0.39, 0.29) is 18.3 Å². The van der Waals surface area contributed by atoms with Gasteiger partial charge >= 0.3 is 0 Å². The Bertz CT molecular complexity index is 1220. The van der Waals surface area contributed by atoms with Crippen molar-refractivity contribution in [3.63, 3.8) is 0 Å². The fraction of sp³-hybridized carbons (Fsp3) is 0.200. The highest BCUT2D eigenvalue weighted by Gasteiger charge is 2.35. The predicted molar refractivity (Wildman–Crippen MR) is 130 cm³/mol. The van der Waals surface area contributed by atoms with Gasteiger partial charge in [0.1, 0.15) is 11.9 Å². The number of para-hydroxylation sites is 1. The molecule has 4 rings (SSSR count). The van der Waals surface area contributed by atoms with Gasteiger partial charge in [0.25, 0.3) is 11.8 Å². The second kappa shape index (κ2) is 9.93. The second-order valence-corrected chi connectivity index (χ2v) is 7.88. The summed E-state index contributed by atoms with van der Waals surface area (Å²) in [5.41, 5.74) is 7.65. The van der Waals surface area contributed by atoms with Crippen LogP contribution in [-0.4, -0.2) is 32.1 Å². The third kappa shape index (κ3) is 4.58. The van der Waals surface area contributed by atoms with E-state index in [0.29, 0.717) is 45.6 Å². The predicted octanol–water partition coefficient (Wildman–Crippen LogP) is 4.38. The van der Waals surface area contributed by atoms with Gasteiger partial charge in [0, 0.05) is 23.0 Å². The summed E-state index contributed by atoms with van der Waals surface area (Å²) >= 11 is 6.65. The molecule has 0 fully saturated rings. The summed E-state index contributed by atoms with van der Waals surface area (Å²) in [6, 6.07) is 17.8. The van der Waals surface area contributed by atoms with Crippen LogP contribution in [0.2, 0.25) is 5.02 Å². The summed E-state index contributed by atoms with van der Waals surface area (Å²) in [5, 5.41) is 3.73.